The van der Waals surface area contributed by atoms with E-state index in [0.717, 1.165) is 75.0 Å². The van der Waals surface area contributed by atoms with Crippen LogP contribution >= 0.6 is 0 Å². The highest BCUT2D eigenvalue weighted by molar-refractivity contribution is 5.92. The SMILES string of the molecule is Cc1ccc(-c2ccc(N3CCC(C(=O)Nc4ccc(N5CCOCC5)cc4)CC3)nn2)cc1. The third-order valence-electron chi connectivity index (χ3n) is 6.70. The Kier molecular flexibility index (Phi) is 6.72. The second-order valence-corrected chi connectivity index (χ2v) is 9.04. The van der Waals surface area contributed by atoms with Gasteiger partial charge in [0.1, 0.15) is 0 Å². The normalized spacial score (nSPS) is 17.0. The van der Waals surface area contributed by atoms with Crippen molar-refractivity contribution in [3.05, 3.63) is 66.2 Å². The summed E-state index contributed by atoms with van der Waals surface area (Å²) in [5.41, 5.74) is 5.19. The molecule has 0 bridgehead atoms. The average Bonchev–Trinajstić information content (AvgIpc) is 2.90. The summed E-state index contributed by atoms with van der Waals surface area (Å²) in [5, 5.41) is 12.0. The molecule has 1 N–H and O–H groups in total. The first kappa shape index (κ1) is 22.3. The quantitative estimate of drug-likeness (QED) is 0.621. The van der Waals surface area contributed by atoms with Crippen LogP contribution in [-0.4, -0.2) is 55.5 Å². The van der Waals surface area contributed by atoms with Gasteiger partial charge in [-0.1, -0.05) is 29.8 Å². The van der Waals surface area contributed by atoms with Gasteiger partial charge in [0.2, 0.25) is 5.91 Å². The van der Waals surface area contributed by atoms with Gasteiger partial charge in [0, 0.05) is 49.0 Å². The zero-order valence-electron chi connectivity index (χ0n) is 19.6. The molecule has 7 heteroatoms. The predicted molar refractivity (Wildman–Crippen MR) is 135 cm³/mol. The number of aromatic nitrogens is 2. The van der Waals surface area contributed by atoms with Crippen molar-refractivity contribution in [2.75, 3.05) is 54.5 Å². The fourth-order valence-corrected chi connectivity index (χ4v) is 4.56. The van der Waals surface area contributed by atoms with E-state index in [0.29, 0.717) is 0 Å². The number of nitrogens with zero attached hydrogens (tertiary/aromatic N) is 4. The highest BCUT2D eigenvalue weighted by Gasteiger charge is 2.26. The zero-order valence-corrected chi connectivity index (χ0v) is 19.6. The van der Waals surface area contributed by atoms with Crippen molar-refractivity contribution in [1.82, 2.24) is 10.2 Å². The predicted octanol–water partition coefficient (Wildman–Crippen LogP) is 4.14. The van der Waals surface area contributed by atoms with Gasteiger partial charge in [0.05, 0.1) is 18.9 Å². The Labute approximate surface area is 200 Å². The third-order valence-corrected chi connectivity index (χ3v) is 6.70. The number of benzene rings is 2. The van der Waals surface area contributed by atoms with Crippen molar-refractivity contribution >= 4 is 23.1 Å². The third kappa shape index (κ3) is 5.20. The van der Waals surface area contributed by atoms with Gasteiger partial charge in [-0.25, -0.2) is 0 Å². The molecular formula is C27H31N5O2. The van der Waals surface area contributed by atoms with E-state index in [4.69, 9.17) is 4.74 Å². The summed E-state index contributed by atoms with van der Waals surface area (Å²) in [6.07, 6.45) is 1.61. The summed E-state index contributed by atoms with van der Waals surface area (Å²) < 4.78 is 5.42. The molecule has 1 aromatic heterocycles. The number of rotatable bonds is 5. The first-order valence-electron chi connectivity index (χ1n) is 12.0. The fourth-order valence-electron chi connectivity index (χ4n) is 4.56. The number of hydrogen-bond donors (Lipinski definition) is 1. The summed E-state index contributed by atoms with van der Waals surface area (Å²) in [6, 6.07) is 20.5. The summed E-state index contributed by atoms with van der Waals surface area (Å²) in [5.74, 6) is 0.975. The summed E-state index contributed by atoms with van der Waals surface area (Å²) in [6.45, 7) is 7.01. The van der Waals surface area contributed by atoms with Gasteiger partial charge in [-0.2, -0.15) is 0 Å². The van der Waals surface area contributed by atoms with E-state index in [1.807, 2.05) is 24.3 Å². The number of amides is 1. The van der Waals surface area contributed by atoms with Crippen LogP contribution in [-0.2, 0) is 9.53 Å². The first-order valence-corrected chi connectivity index (χ1v) is 12.0. The maximum atomic E-state index is 12.8. The van der Waals surface area contributed by atoms with Crippen LogP contribution in [0.2, 0.25) is 0 Å². The summed E-state index contributed by atoms with van der Waals surface area (Å²) in [7, 11) is 0. The molecule has 2 aliphatic heterocycles. The largest absolute Gasteiger partial charge is 0.378 e. The molecule has 3 heterocycles. The molecule has 2 saturated heterocycles. The van der Waals surface area contributed by atoms with Gasteiger partial charge in [-0.3, -0.25) is 4.79 Å². The van der Waals surface area contributed by atoms with Gasteiger partial charge >= 0.3 is 0 Å². The van der Waals surface area contributed by atoms with Crippen molar-refractivity contribution in [3.8, 4) is 11.3 Å². The molecule has 0 saturated carbocycles. The molecule has 0 atom stereocenters. The van der Waals surface area contributed by atoms with Crippen LogP contribution in [0.25, 0.3) is 11.3 Å². The van der Waals surface area contributed by atoms with E-state index >= 15 is 0 Å². The first-order chi connectivity index (χ1) is 16.7. The molecule has 2 aromatic carbocycles. The fraction of sp³-hybridized carbons (Fsp3) is 0.370. The molecule has 7 nitrogen and oxygen atoms in total. The Hall–Kier alpha value is -3.45. The van der Waals surface area contributed by atoms with Gasteiger partial charge in [-0.15, -0.1) is 10.2 Å². The number of anilines is 3. The maximum Gasteiger partial charge on any atom is 0.227 e. The summed E-state index contributed by atoms with van der Waals surface area (Å²) >= 11 is 0. The molecule has 0 unspecified atom stereocenters. The highest BCUT2D eigenvalue weighted by Crippen LogP contribution is 2.25. The van der Waals surface area contributed by atoms with Crippen LogP contribution in [0.4, 0.5) is 17.2 Å². The Bertz CT molecular complexity index is 1090. The zero-order chi connectivity index (χ0) is 23.3. The van der Waals surface area contributed by atoms with Crippen LogP contribution < -0.4 is 15.1 Å². The standard InChI is InChI=1S/C27H31N5O2/c1-20-2-4-21(5-3-20)25-10-11-26(30-29-25)32-14-12-22(13-15-32)27(33)28-23-6-8-24(9-7-23)31-16-18-34-19-17-31/h2-11,22H,12-19H2,1H3,(H,28,33). The van der Waals surface area contributed by atoms with Crippen molar-refractivity contribution in [1.29, 1.82) is 0 Å². The molecule has 176 valence electrons. The minimum atomic E-state index is 0.00922. The Balaban J connectivity index is 1.13. The van der Waals surface area contributed by atoms with E-state index < -0.39 is 0 Å². The van der Waals surface area contributed by atoms with E-state index in [1.54, 1.807) is 0 Å². The lowest BCUT2D eigenvalue weighted by molar-refractivity contribution is -0.120. The van der Waals surface area contributed by atoms with E-state index in [-0.39, 0.29) is 11.8 Å². The smallest absolute Gasteiger partial charge is 0.227 e. The number of hydrogen-bond acceptors (Lipinski definition) is 6. The number of morpholine rings is 1. The number of carbonyl (C=O) groups is 1. The van der Waals surface area contributed by atoms with Gasteiger partial charge in [-0.05, 0) is 56.2 Å². The molecule has 0 radical (unpaired) electrons. The molecule has 34 heavy (non-hydrogen) atoms. The van der Waals surface area contributed by atoms with E-state index in [1.165, 1.54) is 11.3 Å². The van der Waals surface area contributed by atoms with Crippen LogP contribution in [0.3, 0.4) is 0 Å². The van der Waals surface area contributed by atoms with E-state index in [2.05, 4.69) is 68.6 Å². The second kappa shape index (κ2) is 10.2. The van der Waals surface area contributed by atoms with Crippen molar-refractivity contribution in [2.45, 2.75) is 19.8 Å². The Morgan fingerprint density at radius 2 is 1.56 bits per heavy atom. The molecule has 0 aliphatic carbocycles. The van der Waals surface area contributed by atoms with Gasteiger partial charge < -0.3 is 19.9 Å². The number of nitrogens with one attached hydrogen (secondary N) is 1. The highest BCUT2D eigenvalue weighted by atomic mass is 16.5. The lowest BCUT2D eigenvalue weighted by Gasteiger charge is -2.32. The maximum absolute atomic E-state index is 12.8. The minimum Gasteiger partial charge on any atom is -0.378 e. The molecular weight excluding hydrogens is 426 g/mol. The number of aryl methyl sites for hydroxylation is 1. The topological polar surface area (TPSA) is 70.6 Å². The van der Waals surface area contributed by atoms with Crippen LogP contribution in [0.5, 0.6) is 0 Å². The van der Waals surface area contributed by atoms with Crippen LogP contribution in [0.1, 0.15) is 18.4 Å². The Morgan fingerprint density at radius 1 is 0.853 bits per heavy atom. The number of piperidine rings is 1. The van der Waals surface area contributed by atoms with Crippen LogP contribution in [0, 0.1) is 12.8 Å². The lowest BCUT2D eigenvalue weighted by Crippen LogP contribution is -2.38. The van der Waals surface area contributed by atoms with Gasteiger partial charge in [0.25, 0.3) is 0 Å². The molecule has 5 rings (SSSR count). The second-order valence-electron chi connectivity index (χ2n) is 9.04. The molecule has 1 amide bonds. The lowest BCUT2D eigenvalue weighted by atomic mass is 9.95. The number of carbonyl (C=O) groups excluding carboxylic acids is 1. The molecule has 2 aliphatic rings. The monoisotopic (exact) mass is 457 g/mol. The molecule has 3 aromatic rings. The van der Waals surface area contributed by atoms with E-state index in [9.17, 15) is 4.79 Å². The van der Waals surface area contributed by atoms with Crippen LogP contribution in [0.15, 0.2) is 60.7 Å². The van der Waals surface area contributed by atoms with Crippen molar-refractivity contribution in [3.63, 3.8) is 0 Å². The Morgan fingerprint density at radius 3 is 2.21 bits per heavy atom. The molecule has 2 fully saturated rings. The average molecular weight is 458 g/mol. The van der Waals surface area contributed by atoms with Crippen molar-refractivity contribution < 1.29 is 9.53 Å². The molecule has 0 spiro atoms. The summed E-state index contributed by atoms with van der Waals surface area (Å²) in [4.78, 5) is 17.4. The minimum absolute atomic E-state index is 0.00922. The number of ether oxygens (including phenoxy) is 1. The van der Waals surface area contributed by atoms with Crippen molar-refractivity contribution in [2.24, 2.45) is 5.92 Å². The van der Waals surface area contributed by atoms with Gasteiger partial charge in [0.15, 0.2) is 5.82 Å².